The number of benzene rings is 3. The molecule has 0 unspecified atom stereocenters. The maximum absolute atomic E-state index is 13.2. The lowest BCUT2D eigenvalue weighted by molar-refractivity contribution is 0.262. The van der Waals surface area contributed by atoms with E-state index in [0.29, 0.717) is 34.8 Å². The van der Waals surface area contributed by atoms with E-state index < -0.39 is 0 Å². The standard InChI is InChI=1S/C31H35N7O2/c1-6-17-40-25-14-12-24(13-15-25)32-31(39)33-28-18-23(11-16-29(28)38(19-21(2)3)20-22(4)5)26-9-7-8-10-27(26)30-34-36-37-35-30/h1,7-16,18,21-22H,17,19-20H2,2-5H3,(H2,32,33,39)(H,34,35,36,37). The number of anilines is 3. The number of nitrogens with zero attached hydrogens (tertiary/aromatic N) is 4. The molecule has 3 aromatic carbocycles. The van der Waals surface area contributed by atoms with Gasteiger partial charge in [-0.1, -0.05) is 63.9 Å². The van der Waals surface area contributed by atoms with Crippen molar-refractivity contribution in [3.63, 3.8) is 0 Å². The first-order chi connectivity index (χ1) is 19.3. The molecule has 3 N–H and O–H groups in total. The molecular weight excluding hydrogens is 502 g/mol. The molecule has 1 heterocycles. The van der Waals surface area contributed by atoms with Crippen LogP contribution in [0, 0.1) is 24.2 Å². The summed E-state index contributed by atoms with van der Waals surface area (Å²) >= 11 is 0. The van der Waals surface area contributed by atoms with E-state index in [0.717, 1.165) is 35.5 Å². The molecule has 0 spiro atoms. The van der Waals surface area contributed by atoms with Crippen LogP contribution in [0.4, 0.5) is 21.9 Å². The molecule has 0 saturated carbocycles. The van der Waals surface area contributed by atoms with Crippen LogP contribution < -0.4 is 20.3 Å². The zero-order valence-electron chi connectivity index (χ0n) is 23.3. The van der Waals surface area contributed by atoms with Gasteiger partial charge in [-0.15, -0.1) is 16.6 Å². The maximum Gasteiger partial charge on any atom is 0.323 e. The second-order valence-electron chi connectivity index (χ2n) is 10.3. The first-order valence-electron chi connectivity index (χ1n) is 13.3. The van der Waals surface area contributed by atoms with Gasteiger partial charge in [-0.25, -0.2) is 4.79 Å². The molecule has 0 bridgehead atoms. The van der Waals surface area contributed by atoms with Crippen molar-refractivity contribution in [1.82, 2.24) is 20.6 Å². The molecule has 206 valence electrons. The van der Waals surface area contributed by atoms with Crippen LogP contribution in [-0.4, -0.2) is 46.4 Å². The van der Waals surface area contributed by atoms with Gasteiger partial charge < -0.3 is 20.3 Å². The van der Waals surface area contributed by atoms with Gasteiger partial charge in [0, 0.05) is 24.3 Å². The van der Waals surface area contributed by atoms with Crippen molar-refractivity contribution in [3.05, 3.63) is 66.7 Å². The molecule has 4 rings (SSSR count). The third kappa shape index (κ3) is 7.38. The van der Waals surface area contributed by atoms with Crippen LogP contribution in [0.5, 0.6) is 5.75 Å². The van der Waals surface area contributed by atoms with Crippen LogP contribution in [0.1, 0.15) is 27.7 Å². The molecule has 40 heavy (non-hydrogen) atoms. The van der Waals surface area contributed by atoms with Crippen molar-refractivity contribution in [2.75, 3.05) is 35.2 Å². The fraction of sp³-hybridized carbons (Fsp3) is 0.290. The van der Waals surface area contributed by atoms with E-state index in [2.05, 4.69) is 81.9 Å². The number of aromatic amines is 1. The number of tetrazole rings is 1. The Morgan fingerprint density at radius 1 is 0.975 bits per heavy atom. The van der Waals surface area contributed by atoms with Crippen molar-refractivity contribution in [2.24, 2.45) is 11.8 Å². The van der Waals surface area contributed by atoms with Crippen LogP contribution in [0.15, 0.2) is 66.7 Å². The number of ether oxygens (including phenoxy) is 1. The number of carbonyl (C=O) groups is 1. The number of aromatic nitrogens is 4. The minimum absolute atomic E-state index is 0.186. The SMILES string of the molecule is C#CCOc1ccc(NC(=O)Nc2cc(-c3ccccc3-c3nn[nH]n3)ccc2N(CC(C)C)CC(C)C)cc1. The van der Waals surface area contributed by atoms with Gasteiger partial charge in [-0.2, -0.15) is 5.21 Å². The predicted octanol–water partition coefficient (Wildman–Crippen LogP) is 6.31. The predicted molar refractivity (Wildman–Crippen MR) is 160 cm³/mol. The number of amides is 2. The fourth-order valence-corrected chi connectivity index (χ4v) is 4.48. The number of urea groups is 1. The quantitative estimate of drug-likeness (QED) is 0.194. The van der Waals surface area contributed by atoms with Crippen LogP contribution in [0.3, 0.4) is 0 Å². The van der Waals surface area contributed by atoms with Gasteiger partial charge in [0.2, 0.25) is 5.82 Å². The van der Waals surface area contributed by atoms with Crippen molar-refractivity contribution >= 4 is 23.1 Å². The lowest BCUT2D eigenvalue weighted by Crippen LogP contribution is -2.32. The molecule has 2 amide bonds. The smallest absolute Gasteiger partial charge is 0.323 e. The Morgan fingerprint density at radius 2 is 1.68 bits per heavy atom. The Morgan fingerprint density at radius 3 is 2.30 bits per heavy atom. The van der Waals surface area contributed by atoms with Gasteiger partial charge in [-0.05, 0) is 64.6 Å². The molecular formula is C31H35N7O2. The second kappa shape index (κ2) is 13.3. The number of hydrogen-bond acceptors (Lipinski definition) is 6. The molecule has 0 atom stereocenters. The second-order valence-corrected chi connectivity index (χ2v) is 10.3. The maximum atomic E-state index is 13.2. The van der Waals surface area contributed by atoms with Gasteiger partial charge in [0.15, 0.2) is 0 Å². The van der Waals surface area contributed by atoms with Gasteiger partial charge in [0.1, 0.15) is 12.4 Å². The summed E-state index contributed by atoms with van der Waals surface area (Å²) in [5, 5.41) is 20.6. The van der Waals surface area contributed by atoms with E-state index in [4.69, 9.17) is 11.2 Å². The van der Waals surface area contributed by atoms with Crippen LogP contribution >= 0.6 is 0 Å². The Hall–Kier alpha value is -4.84. The summed E-state index contributed by atoms with van der Waals surface area (Å²) in [6, 6.07) is 20.7. The van der Waals surface area contributed by atoms with Crippen molar-refractivity contribution in [3.8, 4) is 40.6 Å². The van der Waals surface area contributed by atoms with Crippen molar-refractivity contribution in [1.29, 1.82) is 0 Å². The normalized spacial score (nSPS) is 10.8. The number of hydrogen-bond donors (Lipinski definition) is 3. The fourth-order valence-electron chi connectivity index (χ4n) is 4.48. The highest BCUT2D eigenvalue weighted by Crippen LogP contribution is 2.36. The average molecular weight is 538 g/mol. The van der Waals surface area contributed by atoms with Crippen LogP contribution in [-0.2, 0) is 0 Å². The minimum Gasteiger partial charge on any atom is -0.481 e. The third-order valence-electron chi connectivity index (χ3n) is 6.02. The van der Waals surface area contributed by atoms with E-state index >= 15 is 0 Å². The van der Waals surface area contributed by atoms with E-state index in [1.807, 2.05) is 30.3 Å². The van der Waals surface area contributed by atoms with Crippen LogP contribution in [0.2, 0.25) is 0 Å². The zero-order chi connectivity index (χ0) is 28.5. The number of nitrogens with one attached hydrogen (secondary N) is 3. The number of carbonyl (C=O) groups excluding carboxylic acids is 1. The third-order valence-corrected chi connectivity index (χ3v) is 6.02. The molecule has 9 nitrogen and oxygen atoms in total. The highest BCUT2D eigenvalue weighted by molar-refractivity contribution is 6.02. The first kappa shape index (κ1) is 28.2. The molecule has 9 heteroatoms. The lowest BCUT2D eigenvalue weighted by atomic mass is 9.97. The summed E-state index contributed by atoms with van der Waals surface area (Å²) < 4.78 is 5.42. The summed E-state index contributed by atoms with van der Waals surface area (Å²) in [4.78, 5) is 15.6. The minimum atomic E-state index is -0.351. The van der Waals surface area contributed by atoms with Crippen molar-refractivity contribution < 1.29 is 9.53 Å². The molecule has 0 aliphatic heterocycles. The Balaban J connectivity index is 1.68. The number of H-pyrrole nitrogens is 1. The Bertz CT molecular complexity index is 1430. The Kier molecular flexibility index (Phi) is 9.36. The van der Waals surface area contributed by atoms with Gasteiger partial charge in [-0.3, -0.25) is 0 Å². The van der Waals surface area contributed by atoms with E-state index in [1.165, 1.54) is 0 Å². The highest BCUT2D eigenvalue weighted by Gasteiger charge is 2.19. The lowest BCUT2D eigenvalue weighted by Gasteiger charge is -2.31. The Labute approximate surface area is 235 Å². The number of rotatable bonds is 11. The van der Waals surface area contributed by atoms with Crippen LogP contribution in [0.25, 0.3) is 22.5 Å². The molecule has 0 aliphatic rings. The van der Waals surface area contributed by atoms with E-state index in [-0.39, 0.29) is 12.6 Å². The summed E-state index contributed by atoms with van der Waals surface area (Å²) in [6.45, 7) is 10.7. The summed E-state index contributed by atoms with van der Waals surface area (Å²) in [5.74, 6) is 4.46. The average Bonchev–Trinajstić information content (AvgIpc) is 3.47. The van der Waals surface area contributed by atoms with Crippen molar-refractivity contribution in [2.45, 2.75) is 27.7 Å². The van der Waals surface area contributed by atoms with E-state index in [9.17, 15) is 4.79 Å². The van der Waals surface area contributed by atoms with Gasteiger partial charge in [0.05, 0.1) is 11.4 Å². The highest BCUT2D eigenvalue weighted by atomic mass is 16.5. The molecule has 0 aliphatic carbocycles. The summed E-state index contributed by atoms with van der Waals surface area (Å²) in [7, 11) is 0. The van der Waals surface area contributed by atoms with Gasteiger partial charge >= 0.3 is 6.03 Å². The topological polar surface area (TPSA) is 108 Å². The molecule has 1 aromatic heterocycles. The molecule has 4 aromatic rings. The first-order valence-corrected chi connectivity index (χ1v) is 13.3. The largest absolute Gasteiger partial charge is 0.481 e. The molecule has 0 saturated heterocycles. The molecule has 0 fully saturated rings. The number of terminal acetylenes is 1. The van der Waals surface area contributed by atoms with E-state index in [1.54, 1.807) is 24.3 Å². The van der Waals surface area contributed by atoms with Gasteiger partial charge in [0.25, 0.3) is 0 Å². The zero-order valence-corrected chi connectivity index (χ0v) is 23.3. The summed E-state index contributed by atoms with van der Waals surface area (Å²) in [5.41, 5.74) is 4.98. The molecule has 0 radical (unpaired) electrons. The monoisotopic (exact) mass is 537 g/mol. The summed E-state index contributed by atoms with van der Waals surface area (Å²) in [6.07, 6.45) is 5.26.